The molecule has 0 heterocycles. The summed E-state index contributed by atoms with van der Waals surface area (Å²) in [5, 5.41) is 29.4. The molecule has 2 aromatic rings. The lowest BCUT2D eigenvalue weighted by Gasteiger charge is -2.04. The van der Waals surface area contributed by atoms with Gasteiger partial charge in [0.25, 0.3) is 0 Å². The first kappa shape index (κ1) is 17.2. The molecule has 0 unspecified atom stereocenters. The topological polar surface area (TPSA) is 121 Å². The van der Waals surface area contributed by atoms with Gasteiger partial charge in [0.15, 0.2) is 5.75 Å². The van der Waals surface area contributed by atoms with E-state index < -0.39 is 31.1 Å². The SMILES string of the molecule is Cc1ccc(S(=O)(=O)/C(C#N)=C/c2ccc(O)c([N+](=O)[O-])c2)cc1. The smallest absolute Gasteiger partial charge is 0.311 e. The normalized spacial score (nSPS) is 11.8. The molecule has 0 radical (unpaired) electrons. The van der Waals surface area contributed by atoms with Crippen molar-refractivity contribution < 1.29 is 18.4 Å². The molecule has 2 rings (SSSR count). The monoisotopic (exact) mass is 344 g/mol. The van der Waals surface area contributed by atoms with E-state index in [4.69, 9.17) is 0 Å². The Morgan fingerprint density at radius 3 is 2.42 bits per heavy atom. The van der Waals surface area contributed by atoms with Gasteiger partial charge >= 0.3 is 5.69 Å². The van der Waals surface area contributed by atoms with Crippen LogP contribution in [-0.2, 0) is 9.84 Å². The van der Waals surface area contributed by atoms with Crippen molar-refractivity contribution in [2.75, 3.05) is 0 Å². The van der Waals surface area contributed by atoms with Gasteiger partial charge < -0.3 is 5.11 Å². The molecule has 122 valence electrons. The second-order valence-electron chi connectivity index (χ2n) is 4.94. The van der Waals surface area contributed by atoms with E-state index in [0.29, 0.717) is 0 Å². The maximum Gasteiger partial charge on any atom is 0.311 e. The number of aromatic hydroxyl groups is 1. The summed E-state index contributed by atoms with van der Waals surface area (Å²) in [5.41, 5.74) is 0.408. The summed E-state index contributed by atoms with van der Waals surface area (Å²) in [5.74, 6) is -0.544. The largest absolute Gasteiger partial charge is 0.502 e. The highest BCUT2D eigenvalue weighted by molar-refractivity contribution is 7.95. The predicted molar refractivity (Wildman–Crippen MR) is 86.7 cm³/mol. The minimum Gasteiger partial charge on any atom is -0.502 e. The summed E-state index contributed by atoms with van der Waals surface area (Å²) >= 11 is 0. The molecule has 0 fully saturated rings. The molecule has 0 bridgehead atoms. The molecule has 0 saturated heterocycles. The molecule has 1 N–H and O–H groups in total. The highest BCUT2D eigenvalue weighted by Crippen LogP contribution is 2.28. The van der Waals surface area contributed by atoms with Gasteiger partial charge in [0.2, 0.25) is 9.84 Å². The first-order valence-electron chi connectivity index (χ1n) is 6.66. The molecule has 2 aromatic carbocycles. The van der Waals surface area contributed by atoms with Gasteiger partial charge in [-0.3, -0.25) is 10.1 Å². The first-order valence-corrected chi connectivity index (χ1v) is 8.15. The van der Waals surface area contributed by atoms with Crippen LogP contribution in [0.4, 0.5) is 5.69 Å². The number of allylic oxidation sites excluding steroid dienone is 1. The molecule has 0 spiro atoms. The molecule has 0 aliphatic rings. The number of benzene rings is 2. The standard InChI is InChI=1S/C16H12N2O5S/c1-11-2-5-13(6-3-11)24(22,23)14(10-17)8-12-4-7-16(19)15(9-12)18(20)21/h2-9,19H,1H3/b14-8+. The van der Waals surface area contributed by atoms with Crippen molar-refractivity contribution in [1.82, 2.24) is 0 Å². The maximum atomic E-state index is 12.5. The Labute approximate surface area is 138 Å². The molecule has 0 aliphatic heterocycles. The van der Waals surface area contributed by atoms with E-state index in [1.54, 1.807) is 25.1 Å². The fraction of sp³-hybridized carbons (Fsp3) is 0.0625. The fourth-order valence-corrected chi connectivity index (χ4v) is 3.10. The Balaban J connectivity index is 2.54. The van der Waals surface area contributed by atoms with E-state index in [1.807, 2.05) is 0 Å². The van der Waals surface area contributed by atoms with Gasteiger partial charge in [-0.25, -0.2) is 8.42 Å². The second kappa shape index (κ2) is 6.52. The number of hydrogen-bond donors (Lipinski definition) is 1. The molecule has 0 atom stereocenters. The van der Waals surface area contributed by atoms with Crippen LogP contribution in [-0.4, -0.2) is 18.4 Å². The van der Waals surface area contributed by atoms with Gasteiger partial charge in [-0.2, -0.15) is 5.26 Å². The van der Waals surface area contributed by atoms with E-state index in [9.17, 15) is 28.9 Å². The van der Waals surface area contributed by atoms with Crippen LogP contribution in [0.25, 0.3) is 6.08 Å². The molecule has 0 saturated carbocycles. The van der Waals surface area contributed by atoms with E-state index >= 15 is 0 Å². The molecule has 24 heavy (non-hydrogen) atoms. The number of phenols is 1. The van der Waals surface area contributed by atoms with Crippen molar-refractivity contribution >= 4 is 21.6 Å². The molecular formula is C16H12N2O5S. The zero-order valence-corrected chi connectivity index (χ0v) is 13.3. The van der Waals surface area contributed by atoms with Crippen molar-refractivity contribution in [2.24, 2.45) is 0 Å². The van der Waals surface area contributed by atoms with E-state index in [-0.39, 0.29) is 10.5 Å². The van der Waals surface area contributed by atoms with Crippen molar-refractivity contribution in [3.63, 3.8) is 0 Å². The van der Waals surface area contributed by atoms with Crippen LogP contribution in [0.3, 0.4) is 0 Å². The zero-order valence-electron chi connectivity index (χ0n) is 12.5. The molecule has 0 aromatic heterocycles. The van der Waals surface area contributed by atoms with Crippen molar-refractivity contribution in [3.8, 4) is 11.8 Å². The zero-order chi connectivity index (χ0) is 17.9. The summed E-state index contributed by atoms with van der Waals surface area (Å²) in [4.78, 5) is 9.43. The molecular weight excluding hydrogens is 332 g/mol. The summed E-state index contributed by atoms with van der Waals surface area (Å²) in [7, 11) is -4.04. The summed E-state index contributed by atoms with van der Waals surface area (Å²) in [6.07, 6.45) is 1.03. The third-order valence-electron chi connectivity index (χ3n) is 3.22. The van der Waals surface area contributed by atoms with Crippen molar-refractivity contribution in [2.45, 2.75) is 11.8 Å². The Kier molecular flexibility index (Phi) is 4.66. The Bertz CT molecular complexity index is 971. The number of nitro benzene ring substituents is 1. The number of phenolic OH excluding ortho intramolecular Hbond substituents is 1. The van der Waals surface area contributed by atoms with Gasteiger partial charge in [0.1, 0.15) is 11.0 Å². The Hall–Kier alpha value is -3.18. The van der Waals surface area contributed by atoms with Gasteiger partial charge in [0.05, 0.1) is 9.82 Å². The highest BCUT2D eigenvalue weighted by atomic mass is 32.2. The molecule has 7 nitrogen and oxygen atoms in total. The Morgan fingerprint density at radius 2 is 1.88 bits per heavy atom. The minimum atomic E-state index is -4.04. The van der Waals surface area contributed by atoms with Crippen molar-refractivity contribution in [1.29, 1.82) is 5.26 Å². The number of rotatable bonds is 4. The lowest BCUT2D eigenvalue weighted by molar-refractivity contribution is -0.385. The number of nitro groups is 1. The van der Waals surface area contributed by atoms with Crippen LogP contribution < -0.4 is 0 Å². The average Bonchev–Trinajstić information content (AvgIpc) is 2.54. The van der Waals surface area contributed by atoms with Gasteiger partial charge in [-0.1, -0.05) is 23.8 Å². The number of aryl methyl sites for hydroxylation is 1. The molecule has 0 aliphatic carbocycles. The van der Waals surface area contributed by atoms with Crippen LogP contribution >= 0.6 is 0 Å². The number of sulfone groups is 1. The first-order chi connectivity index (χ1) is 11.3. The quantitative estimate of drug-likeness (QED) is 0.517. The third-order valence-corrected chi connectivity index (χ3v) is 4.91. The van der Waals surface area contributed by atoms with Crippen LogP contribution in [0.5, 0.6) is 5.75 Å². The summed E-state index contributed by atoms with van der Waals surface area (Å²) in [6, 6.07) is 10.9. The van der Waals surface area contributed by atoms with Crippen LogP contribution in [0.15, 0.2) is 52.3 Å². The second-order valence-corrected chi connectivity index (χ2v) is 6.86. The third kappa shape index (κ3) is 3.42. The van der Waals surface area contributed by atoms with Crippen LogP contribution in [0.2, 0.25) is 0 Å². The van der Waals surface area contributed by atoms with Gasteiger partial charge in [-0.05, 0) is 36.8 Å². The number of nitrogens with zero attached hydrogens (tertiary/aromatic N) is 2. The minimum absolute atomic E-state index is 0.0471. The van der Waals surface area contributed by atoms with Gasteiger partial charge in [-0.15, -0.1) is 0 Å². The van der Waals surface area contributed by atoms with Crippen LogP contribution in [0, 0.1) is 28.4 Å². The number of hydrogen-bond acceptors (Lipinski definition) is 6. The maximum absolute atomic E-state index is 12.5. The number of nitriles is 1. The lowest BCUT2D eigenvalue weighted by atomic mass is 10.2. The van der Waals surface area contributed by atoms with Gasteiger partial charge in [0, 0.05) is 6.07 Å². The summed E-state index contributed by atoms with van der Waals surface area (Å²) in [6.45, 7) is 1.80. The molecule has 8 heteroatoms. The van der Waals surface area contributed by atoms with E-state index in [2.05, 4.69) is 0 Å². The highest BCUT2D eigenvalue weighted by Gasteiger charge is 2.21. The predicted octanol–water partition coefficient (Wildman–Crippen LogP) is 2.95. The fourth-order valence-electron chi connectivity index (χ4n) is 1.94. The summed E-state index contributed by atoms with van der Waals surface area (Å²) < 4.78 is 25.0. The Morgan fingerprint density at radius 1 is 1.25 bits per heavy atom. The molecule has 0 amide bonds. The average molecular weight is 344 g/mol. The van der Waals surface area contributed by atoms with E-state index in [0.717, 1.165) is 23.8 Å². The van der Waals surface area contributed by atoms with Crippen molar-refractivity contribution in [3.05, 3.63) is 68.6 Å². The van der Waals surface area contributed by atoms with Crippen LogP contribution in [0.1, 0.15) is 11.1 Å². The lowest BCUT2D eigenvalue weighted by Crippen LogP contribution is -2.03. The van der Waals surface area contributed by atoms with E-state index in [1.165, 1.54) is 18.2 Å².